The summed E-state index contributed by atoms with van der Waals surface area (Å²) in [6, 6.07) is 17.7. The molecule has 37 heavy (non-hydrogen) atoms. The van der Waals surface area contributed by atoms with Gasteiger partial charge in [0, 0.05) is 12.2 Å². The van der Waals surface area contributed by atoms with Crippen molar-refractivity contribution >= 4 is 5.69 Å². The first-order valence-corrected chi connectivity index (χ1v) is 12.0. The minimum Gasteiger partial charge on any atom is -0.491 e. The van der Waals surface area contributed by atoms with Crippen molar-refractivity contribution in [2.45, 2.75) is 40.0 Å². The van der Waals surface area contributed by atoms with Gasteiger partial charge in [0.2, 0.25) is 0 Å². The molecule has 0 bridgehead atoms. The smallest absolute Gasteiger partial charge is 0.440 e. The lowest BCUT2D eigenvalue weighted by molar-refractivity contribution is 0.0536. The highest BCUT2D eigenvalue weighted by Gasteiger charge is 2.14. The van der Waals surface area contributed by atoms with Crippen LogP contribution in [0.5, 0.6) is 5.75 Å². The average molecular weight is 506 g/mol. The van der Waals surface area contributed by atoms with Crippen LogP contribution in [0, 0.1) is 20.8 Å². The van der Waals surface area contributed by atoms with Crippen molar-refractivity contribution in [2.24, 2.45) is 0 Å². The second-order valence-corrected chi connectivity index (χ2v) is 9.07. The maximum absolute atomic E-state index is 11.6. The molecule has 0 spiro atoms. The largest absolute Gasteiger partial charge is 0.491 e. The van der Waals surface area contributed by atoms with E-state index in [0.717, 1.165) is 43.8 Å². The Balaban J connectivity index is 1.47. The predicted molar refractivity (Wildman–Crippen MR) is 141 cm³/mol. The summed E-state index contributed by atoms with van der Waals surface area (Å²) in [4.78, 5) is 24.9. The summed E-state index contributed by atoms with van der Waals surface area (Å²) in [5.41, 5.74) is 7.93. The van der Waals surface area contributed by atoms with Gasteiger partial charge in [-0.25, -0.2) is 14.6 Å². The molecule has 3 aromatic carbocycles. The number of hydrogen-bond donors (Lipinski definition) is 4. The van der Waals surface area contributed by atoms with Crippen LogP contribution in [-0.4, -0.2) is 39.3 Å². The molecule has 0 saturated heterocycles. The molecule has 9 nitrogen and oxygen atoms in total. The van der Waals surface area contributed by atoms with Crippen molar-refractivity contribution in [3.8, 4) is 16.9 Å². The van der Waals surface area contributed by atoms with E-state index in [-0.39, 0.29) is 19.8 Å². The van der Waals surface area contributed by atoms with Gasteiger partial charge in [-0.15, -0.1) is 4.74 Å². The van der Waals surface area contributed by atoms with Gasteiger partial charge >= 0.3 is 11.4 Å². The van der Waals surface area contributed by atoms with Gasteiger partial charge in [-0.3, -0.25) is 0 Å². The second kappa shape index (κ2) is 11.3. The number of anilines is 1. The molecule has 1 atom stereocenters. The van der Waals surface area contributed by atoms with E-state index >= 15 is 0 Å². The number of hydrogen-bond acceptors (Lipinski definition) is 7. The van der Waals surface area contributed by atoms with E-state index in [1.165, 1.54) is 5.56 Å². The van der Waals surface area contributed by atoms with Gasteiger partial charge in [-0.2, -0.15) is 0 Å². The van der Waals surface area contributed by atoms with E-state index in [1.54, 1.807) is 0 Å². The van der Waals surface area contributed by atoms with Crippen molar-refractivity contribution in [3.63, 3.8) is 0 Å². The highest BCUT2D eigenvalue weighted by Crippen LogP contribution is 2.34. The maximum atomic E-state index is 11.6. The highest BCUT2D eigenvalue weighted by atomic mass is 16.5. The van der Waals surface area contributed by atoms with E-state index in [1.807, 2.05) is 56.3 Å². The number of aliphatic hydroxyl groups excluding tert-OH is 2. The van der Waals surface area contributed by atoms with E-state index in [4.69, 9.17) is 14.4 Å². The van der Waals surface area contributed by atoms with Gasteiger partial charge < -0.3 is 24.8 Å². The number of nitrogens with one attached hydrogen (secondary N) is 2. The molecule has 0 amide bonds. The maximum Gasteiger partial charge on any atom is 0.440 e. The van der Waals surface area contributed by atoms with Crippen molar-refractivity contribution in [3.05, 3.63) is 103 Å². The molecule has 4 aromatic rings. The second-order valence-electron chi connectivity index (χ2n) is 9.07. The van der Waals surface area contributed by atoms with E-state index in [9.17, 15) is 14.7 Å². The van der Waals surface area contributed by atoms with Crippen molar-refractivity contribution < 1.29 is 19.5 Å². The minimum atomic E-state index is -0.908. The van der Waals surface area contributed by atoms with E-state index in [2.05, 4.69) is 29.4 Å². The van der Waals surface area contributed by atoms with E-state index in [0.29, 0.717) is 12.3 Å². The molecule has 194 valence electrons. The zero-order chi connectivity index (χ0) is 26.5. The number of H-pyrrole nitrogens is 1. The van der Waals surface area contributed by atoms with Crippen LogP contribution in [0.3, 0.4) is 0 Å². The first kappa shape index (κ1) is 26.0. The Bertz CT molecular complexity index is 1460. The SMILES string of the molecule is Cc1cc(OC[C@@H](O)CO)cc(C)c1-c1cccc(CNc2ccc(Cn3oc(=O)[nH]c3=O)cc2)c1C. The number of aliphatic hydroxyl groups is 2. The molecule has 4 N–H and O–H groups in total. The van der Waals surface area contributed by atoms with Crippen LogP contribution in [0.4, 0.5) is 5.69 Å². The van der Waals surface area contributed by atoms with Crippen LogP contribution in [0.2, 0.25) is 0 Å². The summed E-state index contributed by atoms with van der Waals surface area (Å²) in [7, 11) is 0. The molecule has 0 aliphatic heterocycles. The number of aromatic nitrogens is 2. The number of rotatable bonds is 10. The molecule has 9 heteroatoms. The van der Waals surface area contributed by atoms with Crippen molar-refractivity contribution in [2.75, 3.05) is 18.5 Å². The Hall–Kier alpha value is -4.08. The number of aromatic amines is 1. The highest BCUT2D eigenvalue weighted by molar-refractivity contribution is 5.75. The number of nitrogens with zero attached hydrogens (tertiary/aromatic N) is 1. The standard InChI is InChI=1S/C28H31N3O6/c1-17-11-24(36-16-23(33)15-32)12-18(2)26(17)25-6-4-5-21(19(25)3)13-29-22-9-7-20(8-10-22)14-31-27(34)30-28(35)37-31/h4-12,23,29,32-33H,13-16H2,1-3H3,(H,30,34,35)/t23-/m0/s1. The summed E-state index contributed by atoms with van der Waals surface area (Å²) in [6.07, 6.45) is -0.908. The van der Waals surface area contributed by atoms with Gasteiger partial charge in [0.1, 0.15) is 18.5 Å². The predicted octanol–water partition coefficient (Wildman–Crippen LogP) is 3.11. The number of aryl methyl sites for hydroxylation is 2. The third kappa shape index (κ3) is 6.19. The van der Waals surface area contributed by atoms with Crippen molar-refractivity contribution in [1.82, 2.24) is 9.72 Å². The minimum absolute atomic E-state index is 0.0386. The van der Waals surface area contributed by atoms with Crippen LogP contribution in [0.25, 0.3) is 11.1 Å². The van der Waals surface area contributed by atoms with Crippen molar-refractivity contribution in [1.29, 1.82) is 0 Å². The summed E-state index contributed by atoms with van der Waals surface area (Å²) >= 11 is 0. The van der Waals surface area contributed by atoms with Crippen LogP contribution >= 0.6 is 0 Å². The van der Waals surface area contributed by atoms with Gasteiger partial charge in [0.25, 0.3) is 0 Å². The zero-order valence-corrected chi connectivity index (χ0v) is 21.1. The molecule has 1 aromatic heterocycles. The van der Waals surface area contributed by atoms with Crippen LogP contribution in [0.1, 0.15) is 27.8 Å². The average Bonchev–Trinajstić information content (AvgIpc) is 3.19. The number of benzene rings is 3. The Morgan fingerprint density at radius 2 is 1.76 bits per heavy atom. The van der Waals surface area contributed by atoms with Gasteiger partial charge in [0.05, 0.1) is 13.2 Å². The van der Waals surface area contributed by atoms with Crippen LogP contribution < -0.4 is 21.5 Å². The Morgan fingerprint density at radius 3 is 2.38 bits per heavy atom. The first-order chi connectivity index (χ1) is 17.7. The van der Waals surface area contributed by atoms with Gasteiger partial charge in [-0.05, 0) is 84.0 Å². The molecule has 0 fully saturated rings. The monoisotopic (exact) mass is 505 g/mol. The third-order valence-corrected chi connectivity index (χ3v) is 6.27. The zero-order valence-electron chi connectivity index (χ0n) is 21.1. The fourth-order valence-electron chi connectivity index (χ4n) is 4.33. The molecule has 4 rings (SSSR count). The summed E-state index contributed by atoms with van der Waals surface area (Å²) in [6.45, 7) is 6.68. The molecule has 0 saturated carbocycles. The fourth-order valence-corrected chi connectivity index (χ4v) is 4.33. The lowest BCUT2D eigenvalue weighted by atomic mass is 9.90. The van der Waals surface area contributed by atoms with Crippen LogP contribution in [-0.2, 0) is 13.1 Å². The molecule has 0 aliphatic carbocycles. The lowest BCUT2D eigenvalue weighted by Gasteiger charge is -2.18. The Morgan fingerprint density at radius 1 is 1.05 bits per heavy atom. The quantitative estimate of drug-likeness (QED) is 0.261. The summed E-state index contributed by atoms with van der Waals surface area (Å²) < 4.78 is 11.4. The third-order valence-electron chi connectivity index (χ3n) is 6.27. The normalized spacial score (nSPS) is 11.9. The van der Waals surface area contributed by atoms with E-state index < -0.39 is 17.5 Å². The molecule has 0 unspecified atom stereocenters. The molecular weight excluding hydrogens is 474 g/mol. The fraction of sp³-hybridized carbons (Fsp3) is 0.286. The first-order valence-electron chi connectivity index (χ1n) is 12.0. The molecule has 0 radical (unpaired) electrons. The summed E-state index contributed by atoms with van der Waals surface area (Å²) in [5, 5.41) is 22.0. The topological polar surface area (TPSA) is 130 Å². The Kier molecular flexibility index (Phi) is 7.95. The Labute approximate surface area is 213 Å². The van der Waals surface area contributed by atoms with Crippen LogP contribution in [0.15, 0.2) is 68.7 Å². The molecule has 1 heterocycles. The van der Waals surface area contributed by atoms with Gasteiger partial charge in [0.15, 0.2) is 0 Å². The van der Waals surface area contributed by atoms with Gasteiger partial charge in [-0.1, -0.05) is 30.3 Å². The number of ether oxygens (including phenoxy) is 1. The summed E-state index contributed by atoms with van der Waals surface area (Å²) in [5.74, 6) is -0.109. The lowest BCUT2D eigenvalue weighted by Crippen LogP contribution is -2.21. The molecule has 0 aliphatic rings. The molecular formula is C28H31N3O6.